The molecule has 102 valence electrons. The maximum atomic E-state index is 12.3. The van der Waals surface area contributed by atoms with Crippen molar-refractivity contribution in [2.75, 3.05) is 7.05 Å². The van der Waals surface area contributed by atoms with Gasteiger partial charge in [-0.1, -0.05) is 32.4 Å². The van der Waals surface area contributed by atoms with Crippen LogP contribution >= 0.6 is 0 Å². The predicted octanol–water partition coefficient (Wildman–Crippen LogP) is 3.06. The minimum absolute atomic E-state index is 0.0188. The fourth-order valence-corrected chi connectivity index (χ4v) is 3.21. The summed E-state index contributed by atoms with van der Waals surface area (Å²) >= 11 is 0. The Morgan fingerprint density at radius 1 is 1.17 bits per heavy atom. The van der Waals surface area contributed by atoms with Crippen LogP contribution in [-0.2, 0) is 16.4 Å². The molecule has 0 fully saturated rings. The molecule has 0 saturated heterocycles. The molecule has 1 atom stereocenters. The fraction of sp³-hybridized carbons (Fsp3) is 0.571. The van der Waals surface area contributed by atoms with Crippen molar-refractivity contribution in [1.29, 1.82) is 0 Å². The first-order valence-electron chi connectivity index (χ1n) is 6.50. The molecule has 1 aromatic carbocycles. The molecule has 1 aromatic rings. The Bertz CT molecular complexity index is 465. The number of aryl methyl sites for hydroxylation is 1. The van der Waals surface area contributed by atoms with E-state index in [1.165, 1.54) is 9.87 Å². The molecule has 0 bridgehead atoms. The van der Waals surface area contributed by atoms with Crippen LogP contribution in [-0.4, -0.2) is 25.8 Å². The zero-order valence-corrected chi connectivity index (χ0v) is 12.5. The number of rotatable bonds is 6. The molecular weight excluding hydrogens is 246 g/mol. The molecule has 0 amide bonds. The zero-order valence-electron chi connectivity index (χ0n) is 11.7. The topological polar surface area (TPSA) is 37.4 Å². The average molecular weight is 269 g/mol. The van der Waals surface area contributed by atoms with Gasteiger partial charge in [-0.05, 0) is 37.5 Å². The molecule has 18 heavy (non-hydrogen) atoms. The van der Waals surface area contributed by atoms with Crippen LogP contribution in [0.2, 0.25) is 0 Å². The fourth-order valence-electron chi connectivity index (χ4n) is 1.78. The van der Waals surface area contributed by atoms with Gasteiger partial charge in [0.05, 0.1) is 4.90 Å². The molecule has 0 saturated carbocycles. The van der Waals surface area contributed by atoms with Crippen LogP contribution < -0.4 is 0 Å². The Kier molecular flexibility index (Phi) is 5.35. The van der Waals surface area contributed by atoms with E-state index in [0.717, 1.165) is 19.3 Å². The lowest BCUT2D eigenvalue weighted by Crippen LogP contribution is -2.34. The van der Waals surface area contributed by atoms with Gasteiger partial charge in [0, 0.05) is 13.1 Å². The van der Waals surface area contributed by atoms with Crippen LogP contribution in [0.25, 0.3) is 0 Å². The maximum absolute atomic E-state index is 12.3. The Balaban J connectivity index is 2.98. The van der Waals surface area contributed by atoms with E-state index in [-0.39, 0.29) is 6.04 Å². The van der Waals surface area contributed by atoms with Gasteiger partial charge in [0.15, 0.2) is 0 Å². The van der Waals surface area contributed by atoms with Gasteiger partial charge in [-0.3, -0.25) is 0 Å². The molecule has 1 rings (SSSR count). The van der Waals surface area contributed by atoms with Crippen molar-refractivity contribution in [3.05, 3.63) is 29.8 Å². The number of hydrogen-bond donors (Lipinski definition) is 0. The summed E-state index contributed by atoms with van der Waals surface area (Å²) in [7, 11) is -1.71. The molecule has 0 N–H and O–H groups in total. The van der Waals surface area contributed by atoms with Crippen molar-refractivity contribution in [3.63, 3.8) is 0 Å². The monoisotopic (exact) mass is 269 g/mol. The molecule has 0 aromatic heterocycles. The second-order valence-electron chi connectivity index (χ2n) is 4.67. The first kappa shape index (κ1) is 15.2. The first-order valence-corrected chi connectivity index (χ1v) is 7.94. The number of sulfonamides is 1. The summed E-state index contributed by atoms with van der Waals surface area (Å²) in [4.78, 5) is 0.380. The van der Waals surface area contributed by atoms with E-state index >= 15 is 0 Å². The Hall–Kier alpha value is -0.870. The highest BCUT2D eigenvalue weighted by Gasteiger charge is 2.23. The van der Waals surface area contributed by atoms with Gasteiger partial charge in [0.1, 0.15) is 0 Å². The van der Waals surface area contributed by atoms with Crippen LogP contribution in [0.5, 0.6) is 0 Å². The summed E-state index contributed by atoms with van der Waals surface area (Å²) < 4.78 is 26.1. The van der Waals surface area contributed by atoms with Gasteiger partial charge in [0.2, 0.25) is 10.0 Å². The summed E-state index contributed by atoms with van der Waals surface area (Å²) in [5, 5.41) is 0. The highest BCUT2D eigenvalue weighted by molar-refractivity contribution is 7.89. The Morgan fingerprint density at radius 3 is 2.17 bits per heavy atom. The maximum Gasteiger partial charge on any atom is 0.243 e. The van der Waals surface area contributed by atoms with E-state index in [9.17, 15) is 8.42 Å². The minimum Gasteiger partial charge on any atom is -0.207 e. The molecule has 3 nitrogen and oxygen atoms in total. The Morgan fingerprint density at radius 2 is 1.72 bits per heavy atom. The lowest BCUT2D eigenvalue weighted by molar-refractivity contribution is 0.380. The molecular formula is C14H23NO2S. The molecule has 4 heteroatoms. The molecule has 0 radical (unpaired) electrons. The molecule has 0 spiro atoms. The quantitative estimate of drug-likeness (QED) is 0.796. The van der Waals surface area contributed by atoms with E-state index in [0.29, 0.717) is 4.90 Å². The first-order chi connectivity index (χ1) is 8.43. The average Bonchev–Trinajstić information content (AvgIpc) is 2.38. The summed E-state index contributed by atoms with van der Waals surface area (Å²) in [5.74, 6) is 0. The van der Waals surface area contributed by atoms with E-state index in [4.69, 9.17) is 0 Å². The minimum atomic E-state index is -3.35. The van der Waals surface area contributed by atoms with Crippen molar-refractivity contribution in [2.24, 2.45) is 0 Å². The summed E-state index contributed by atoms with van der Waals surface area (Å²) in [6.07, 6.45) is 2.87. The molecule has 1 unspecified atom stereocenters. The van der Waals surface area contributed by atoms with Gasteiger partial charge >= 0.3 is 0 Å². The highest BCUT2D eigenvalue weighted by atomic mass is 32.2. The third kappa shape index (κ3) is 3.33. The van der Waals surface area contributed by atoms with Crippen molar-refractivity contribution >= 4 is 10.0 Å². The largest absolute Gasteiger partial charge is 0.243 e. The lowest BCUT2D eigenvalue weighted by atomic mass is 10.1. The smallest absolute Gasteiger partial charge is 0.207 e. The number of benzene rings is 1. The van der Waals surface area contributed by atoms with Gasteiger partial charge in [-0.2, -0.15) is 4.31 Å². The summed E-state index contributed by atoms with van der Waals surface area (Å²) in [5.41, 5.74) is 1.18. The van der Waals surface area contributed by atoms with Crippen LogP contribution in [0.3, 0.4) is 0 Å². The van der Waals surface area contributed by atoms with E-state index in [2.05, 4.69) is 6.92 Å². The van der Waals surface area contributed by atoms with Gasteiger partial charge in [0.25, 0.3) is 0 Å². The van der Waals surface area contributed by atoms with Gasteiger partial charge < -0.3 is 0 Å². The summed E-state index contributed by atoms with van der Waals surface area (Å²) in [6.45, 7) is 6.02. The molecule has 0 heterocycles. The number of hydrogen-bond acceptors (Lipinski definition) is 2. The summed E-state index contributed by atoms with van der Waals surface area (Å²) in [6, 6.07) is 7.24. The van der Waals surface area contributed by atoms with Crippen LogP contribution in [0, 0.1) is 0 Å². The van der Waals surface area contributed by atoms with Crippen molar-refractivity contribution < 1.29 is 8.42 Å². The van der Waals surface area contributed by atoms with Crippen LogP contribution in [0.1, 0.15) is 39.2 Å². The van der Waals surface area contributed by atoms with Gasteiger partial charge in [-0.15, -0.1) is 0 Å². The van der Waals surface area contributed by atoms with E-state index in [1.807, 2.05) is 26.0 Å². The third-order valence-electron chi connectivity index (χ3n) is 3.35. The second kappa shape index (κ2) is 6.34. The zero-order chi connectivity index (χ0) is 13.8. The van der Waals surface area contributed by atoms with Crippen LogP contribution in [0.4, 0.5) is 0 Å². The molecule has 0 aliphatic rings. The van der Waals surface area contributed by atoms with E-state index in [1.54, 1.807) is 19.2 Å². The van der Waals surface area contributed by atoms with E-state index < -0.39 is 10.0 Å². The standard InChI is InChI=1S/C14H23NO2S/c1-5-7-13-8-10-14(11-9-13)18(16,17)15(4)12(3)6-2/h8-12H,5-7H2,1-4H3. The predicted molar refractivity (Wildman–Crippen MR) is 75.1 cm³/mol. The molecule has 0 aliphatic heterocycles. The lowest BCUT2D eigenvalue weighted by Gasteiger charge is -2.23. The second-order valence-corrected chi connectivity index (χ2v) is 6.67. The van der Waals surface area contributed by atoms with Crippen LogP contribution in [0.15, 0.2) is 29.2 Å². The highest BCUT2D eigenvalue weighted by Crippen LogP contribution is 2.18. The third-order valence-corrected chi connectivity index (χ3v) is 5.34. The number of nitrogens with zero attached hydrogens (tertiary/aromatic N) is 1. The Labute approximate surface area is 111 Å². The van der Waals surface area contributed by atoms with Crippen molar-refractivity contribution in [3.8, 4) is 0 Å². The SMILES string of the molecule is CCCc1ccc(S(=O)(=O)N(C)C(C)CC)cc1. The van der Waals surface area contributed by atoms with Crippen molar-refractivity contribution in [2.45, 2.75) is 51.0 Å². The van der Waals surface area contributed by atoms with Gasteiger partial charge in [-0.25, -0.2) is 8.42 Å². The van der Waals surface area contributed by atoms with Crippen molar-refractivity contribution in [1.82, 2.24) is 4.31 Å². The molecule has 0 aliphatic carbocycles. The normalized spacial score (nSPS) is 13.8.